The summed E-state index contributed by atoms with van der Waals surface area (Å²) in [5.41, 5.74) is -0.273. The van der Waals surface area contributed by atoms with Gasteiger partial charge < -0.3 is 9.47 Å². The summed E-state index contributed by atoms with van der Waals surface area (Å²) >= 11 is 0. The van der Waals surface area contributed by atoms with E-state index in [9.17, 15) is 13.2 Å². The predicted molar refractivity (Wildman–Crippen MR) is 86.0 cm³/mol. The number of hydrogen-bond acceptors (Lipinski definition) is 2. The zero-order chi connectivity index (χ0) is 17.2. The van der Waals surface area contributed by atoms with E-state index in [0.29, 0.717) is 23.1 Å². The van der Waals surface area contributed by atoms with E-state index >= 15 is 0 Å². The first-order valence-corrected chi connectivity index (χ1v) is 7.47. The lowest BCUT2D eigenvalue weighted by atomic mass is 10.1. The minimum absolute atomic E-state index is 0.00740. The van der Waals surface area contributed by atoms with Crippen LogP contribution in [0.5, 0.6) is 11.5 Å². The quantitative estimate of drug-likeness (QED) is 0.614. The van der Waals surface area contributed by atoms with E-state index in [4.69, 9.17) is 9.47 Å². The molecule has 0 aliphatic carbocycles. The molecule has 2 nitrogen and oxygen atoms in total. The summed E-state index contributed by atoms with van der Waals surface area (Å²) in [5, 5.41) is 1.24. The second-order valence-electron chi connectivity index (χ2n) is 5.23. The van der Waals surface area contributed by atoms with Gasteiger partial charge in [0.2, 0.25) is 0 Å². The molecule has 0 saturated carbocycles. The maximum absolute atomic E-state index is 14.3. The Morgan fingerprint density at radius 2 is 1.46 bits per heavy atom. The highest BCUT2D eigenvalue weighted by molar-refractivity contribution is 5.83. The van der Waals surface area contributed by atoms with E-state index in [1.54, 1.807) is 6.07 Å². The third-order valence-corrected chi connectivity index (χ3v) is 3.52. The topological polar surface area (TPSA) is 18.5 Å². The van der Waals surface area contributed by atoms with Crippen molar-refractivity contribution < 1.29 is 22.6 Å². The highest BCUT2D eigenvalue weighted by Gasteiger charge is 2.34. The highest BCUT2D eigenvalue weighted by atomic mass is 19.3. The van der Waals surface area contributed by atoms with Crippen molar-refractivity contribution in [1.29, 1.82) is 0 Å². The second-order valence-corrected chi connectivity index (χ2v) is 5.23. The average Bonchev–Trinajstić information content (AvgIpc) is 2.55. The molecule has 0 unspecified atom stereocenters. The SMILES string of the molecule is CCOc1ccc(C(F)(F)Oc2ccc3cc(F)ccc3c2)cc1. The van der Waals surface area contributed by atoms with E-state index < -0.39 is 6.11 Å². The van der Waals surface area contributed by atoms with Crippen molar-refractivity contribution in [3.63, 3.8) is 0 Å². The zero-order valence-electron chi connectivity index (χ0n) is 12.9. The van der Waals surface area contributed by atoms with Gasteiger partial charge in [-0.15, -0.1) is 0 Å². The molecule has 5 heteroatoms. The van der Waals surface area contributed by atoms with Gasteiger partial charge >= 0.3 is 6.11 Å². The number of benzene rings is 3. The molecule has 3 rings (SSSR count). The molecule has 0 atom stereocenters. The fourth-order valence-electron chi connectivity index (χ4n) is 2.38. The van der Waals surface area contributed by atoms with Crippen molar-refractivity contribution in [3.8, 4) is 11.5 Å². The van der Waals surface area contributed by atoms with Crippen LogP contribution in [0.2, 0.25) is 0 Å². The Morgan fingerprint density at radius 1 is 0.833 bits per heavy atom. The first kappa shape index (κ1) is 16.2. The molecule has 0 aliphatic heterocycles. The van der Waals surface area contributed by atoms with Gasteiger partial charge in [-0.3, -0.25) is 0 Å². The Hall–Kier alpha value is -2.69. The number of alkyl halides is 2. The molecule has 3 aromatic rings. The summed E-state index contributed by atoms with van der Waals surface area (Å²) in [6, 6.07) is 14.0. The summed E-state index contributed by atoms with van der Waals surface area (Å²) in [6.45, 7) is 2.28. The summed E-state index contributed by atoms with van der Waals surface area (Å²) in [7, 11) is 0. The van der Waals surface area contributed by atoms with E-state index in [0.717, 1.165) is 0 Å². The molecule has 124 valence electrons. The molecule has 24 heavy (non-hydrogen) atoms. The average molecular weight is 332 g/mol. The van der Waals surface area contributed by atoms with Gasteiger partial charge in [-0.05, 0) is 66.2 Å². The Balaban J connectivity index is 1.84. The van der Waals surface area contributed by atoms with Crippen LogP contribution in [-0.2, 0) is 6.11 Å². The molecule has 0 aliphatic rings. The smallest absolute Gasteiger partial charge is 0.426 e. The van der Waals surface area contributed by atoms with Crippen LogP contribution in [0, 0.1) is 5.82 Å². The first-order chi connectivity index (χ1) is 11.5. The summed E-state index contributed by atoms with van der Waals surface area (Å²) in [4.78, 5) is 0. The van der Waals surface area contributed by atoms with Crippen LogP contribution in [0.3, 0.4) is 0 Å². The molecule has 0 spiro atoms. The van der Waals surface area contributed by atoms with Crippen LogP contribution >= 0.6 is 0 Å². The predicted octanol–water partition coefficient (Wildman–Crippen LogP) is 5.51. The van der Waals surface area contributed by atoms with Crippen LogP contribution in [-0.4, -0.2) is 6.61 Å². The van der Waals surface area contributed by atoms with Crippen LogP contribution in [0.1, 0.15) is 12.5 Å². The summed E-state index contributed by atoms with van der Waals surface area (Å²) < 4.78 is 51.8. The largest absolute Gasteiger partial charge is 0.494 e. The van der Waals surface area contributed by atoms with Gasteiger partial charge in [-0.1, -0.05) is 12.1 Å². The fourth-order valence-corrected chi connectivity index (χ4v) is 2.38. The lowest BCUT2D eigenvalue weighted by molar-refractivity contribution is -0.185. The van der Waals surface area contributed by atoms with Crippen molar-refractivity contribution >= 4 is 10.8 Å². The van der Waals surface area contributed by atoms with Gasteiger partial charge in [-0.2, -0.15) is 8.78 Å². The number of hydrogen-bond donors (Lipinski definition) is 0. The Bertz CT molecular complexity index is 845. The molecule has 0 amide bonds. The van der Waals surface area contributed by atoms with Crippen LogP contribution in [0.15, 0.2) is 60.7 Å². The zero-order valence-corrected chi connectivity index (χ0v) is 12.9. The van der Waals surface area contributed by atoms with E-state index in [2.05, 4.69) is 0 Å². The molecular weight excluding hydrogens is 317 g/mol. The van der Waals surface area contributed by atoms with E-state index in [1.165, 1.54) is 54.6 Å². The van der Waals surface area contributed by atoms with Gasteiger partial charge in [0.25, 0.3) is 0 Å². The second kappa shape index (κ2) is 6.43. The number of rotatable bonds is 5. The highest BCUT2D eigenvalue weighted by Crippen LogP contribution is 2.33. The Morgan fingerprint density at radius 3 is 2.17 bits per heavy atom. The maximum Gasteiger partial charge on any atom is 0.426 e. The number of fused-ring (bicyclic) bond motifs is 1. The summed E-state index contributed by atoms with van der Waals surface area (Å²) in [6.07, 6.45) is -3.49. The van der Waals surface area contributed by atoms with Crippen LogP contribution in [0.25, 0.3) is 10.8 Å². The molecular formula is C19H15F3O2. The molecule has 0 fully saturated rings. The molecule has 0 heterocycles. The molecule has 0 radical (unpaired) electrons. The molecule has 0 aromatic heterocycles. The normalized spacial score (nSPS) is 11.5. The van der Waals surface area contributed by atoms with Crippen molar-refractivity contribution in [1.82, 2.24) is 0 Å². The monoisotopic (exact) mass is 332 g/mol. The van der Waals surface area contributed by atoms with Crippen molar-refractivity contribution in [2.75, 3.05) is 6.61 Å². The Kier molecular flexibility index (Phi) is 4.34. The number of halogens is 3. The first-order valence-electron chi connectivity index (χ1n) is 7.47. The van der Waals surface area contributed by atoms with E-state index in [1.807, 2.05) is 6.92 Å². The fraction of sp³-hybridized carbons (Fsp3) is 0.158. The molecule has 0 saturated heterocycles. The van der Waals surface area contributed by atoms with E-state index in [-0.39, 0.29) is 17.1 Å². The molecule has 3 aromatic carbocycles. The Labute approximate surface area is 137 Å². The lowest BCUT2D eigenvalue weighted by Gasteiger charge is -2.19. The third kappa shape index (κ3) is 3.45. The standard InChI is InChI=1S/C19H15F3O2/c1-2-23-17-9-5-15(6-10-17)19(21,22)24-18-8-4-13-11-16(20)7-3-14(13)12-18/h3-12H,2H2,1H3. The van der Waals surface area contributed by atoms with Crippen molar-refractivity contribution in [2.24, 2.45) is 0 Å². The lowest BCUT2D eigenvalue weighted by Crippen LogP contribution is -2.21. The minimum atomic E-state index is -3.49. The third-order valence-electron chi connectivity index (χ3n) is 3.52. The van der Waals surface area contributed by atoms with Gasteiger partial charge in [-0.25, -0.2) is 4.39 Å². The van der Waals surface area contributed by atoms with Gasteiger partial charge in [0.1, 0.15) is 17.3 Å². The van der Waals surface area contributed by atoms with Gasteiger partial charge in [0.05, 0.1) is 12.2 Å². The van der Waals surface area contributed by atoms with Crippen LogP contribution in [0.4, 0.5) is 13.2 Å². The van der Waals surface area contributed by atoms with Crippen molar-refractivity contribution in [2.45, 2.75) is 13.0 Å². The minimum Gasteiger partial charge on any atom is -0.494 e. The maximum atomic E-state index is 14.3. The van der Waals surface area contributed by atoms with Gasteiger partial charge in [0.15, 0.2) is 0 Å². The van der Waals surface area contributed by atoms with Gasteiger partial charge in [0, 0.05) is 0 Å². The summed E-state index contributed by atoms with van der Waals surface area (Å²) in [5.74, 6) is 0.147. The van der Waals surface area contributed by atoms with Crippen molar-refractivity contribution in [3.05, 3.63) is 72.0 Å². The number of ether oxygens (including phenoxy) is 2. The molecule has 0 N–H and O–H groups in total. The van der Waals surface area contributed by atoms with Crippen LogP contribution < -0.4 is 9.47 Å². The molecule has 0 bridgehead atoms.